The van der Waals surface area contributed by atoms with Crippen molar-refractivity contribution in [3.8, 4) is 0 Å². The maximum Gasteiger partial charge on any atom is 0.227 e. The molecule has 46 valence electrons. The number of amides is 1. The van der Waals surface area contributed by atoms with Crippen molar-refractivity contribution in [1.29, 1.82) is 0 Å². The molecule has 3 nitrogen and oxygen atoms in total. The Labute approximate surface area is 52.0 Å². The van der Waals surface area contributed by atoms with Gasteiger partial charge in [-0.05, 0) is 0 Å². The highest BCUT2D eigenvalue weighted by atomic mass is 32.2. The zero-order valence-electron chi connectivity index (χ0n) is 4.72. The minimum atomic E-state index is -0.204. The number of hydrogen-bond acceptors (Lipinski definition) is 3. The van der Waals surface area contributed by atoms with Crippen LogP contribution in [0.15, 0.2) is 0 Å². The summed E-state index contributed by atoms with van der Waals surface area (Å²) in [5, 5.41) is -0.111. The van der Waals surface area contributed by atoms with E-state index in [9.17, 15) is 9.59 Å². The Hall–Kier alpha value is -0.510. The Balaban J connectivity index is 3.18. The molecule has 0 rings (SSSR count). The van der Waals surface area contributed by atoms with Crippen LogP contribution in [0.25, 0.3) is 0 Å². The van der Waals surface area contributed by atoms with Crippen molar-refractivity contribution in [2.75, 3.05) is 0 Å². The van der Waals surface area contributed by atoms with Gasteiger partial charge in [0.15, 0.2) is 0 Å². The summed E-state index contributed by atoms with van der Waals surface area (Å²) in [7, 11) is 0. The molecule has 0 saturated carbocycles. The number of carbonyl (C=O) groups excluding carboxylic acids is 2. The number of hydrogen-bond donors (Lipinski definition) is 1. The summed E-state index contributed by atoms with van der Waals surface area (Å²) in [6.45, 7) is 2.75. The minimum Gasteiger partial charge on any atom is -0.294 e. The van der Waals surface area contributed by atoms with Gasteiger partial charge in [-0.1, -0.05) is 0 Å². The number of rotatable bonds is 0. The monoisotopic (exact) mass is 133 g/mol. The predicted octanol–water partition coefficient (Wildman–Crippen LogP) is 0.317. The zero-order valence-corrected chi connectivity index (χ0v) is 5.54. The van der Waals surface area contributed by atoms with E-state index in [0.29, 0.717) is 0 Å². The Bertz CT molecular complexity index is 98.6. The average molecular weight is 133 g/mol. The molecule has 4 heteroatoms. The standard InChI is InChI=1S/C4H7NO2S/c1-3(6)5-8-4(2)7/h1-2H3,(H,5,6). The van der Waals surface area contributed by atoms with Gasteiger partial charge in [0.25, 0.3) is 0 Å². The van der Waals surface area contributed by atoms with Gasteiger partial charge in [-0.15, -0.1) is 0 Å². The molecular formula is C4H7NO2S. The summed E-state index contributed by atoms with van der Waals surface area (Å²) in [6, 6.07) is 0. The van der Waals surface area contributed by atoms with Gasteiger partial charge in [-0.2, -0.15) is 0 Å². The fraction of sp³-hybridized carbons (Fsp3) is 0.500. The summed E-state index contributed by atoms with van der Waals surface area (Å²) < 4.78 is 2.27. The molecule has 0 heterocycles. The van der Waals surface area contributed by atoms with Crippen molar-refractivity contribution in [3.63, 3.8) is 0 Å². The molecule has 0 aliphatic heterocycles. The van der Waals surface area contributed by atoms with E-state index < -0.39 is 0 Å². The fourth-order valence-electron chi connectivity index (χ4n) is 0.144. The molecule has 0 atom stereocenters. The molecule has 1 amide bonds. The topological polar surface area (TPSA) is 46.2 Å². The highest BCUT2D eigenvalue weighted by Crippen LogP contribution is 1.91. The van der Waals surface area contributed by atoms with Crippen LogP contribution in [0.1, 0.15) is 13.8 Å². The summed E-state index contributed by atoms with van der Waals surface area (Å²) in [4.78, 5) is 20.2. The normalized spacial score (nSPS) is 8.25. The smallest absolute Gasteiger partial charge is 0.227 e. The van der Waals surface area contributed by atoms with E-state index >= 15 is 0 Å². The van der Waals surface area contributed by atoms with Crippen molar-refractivity contribution in [3.05, 3.63) is 0 Å². The maximum atomic E-state index is 10.1. The van der Waals surface area contributed by atoms with Crippen molar-refractivity contribution < 1.29 is 9.59 Å². The first-order valence-electron chi connectivity index (χ1n) is 2.07. The molecule has 8 heavy (non-hydrogen) atoms. The van der Waals surface area contributed by atoms with Crippen LogP contribution >= 0.6 is 11.9 Å². The lowest BCUT2D eigenvalue weighted by atomic mass is 10.8. The summed E-state index contributed by atoms with van der Waals surface area (Å²) in [6.07, 6.45) is 0. The van der Waals surface area contributed by atoms with Crippen molar-refractivity contribution >= 4 is 23.0 Å². The summed E-state index contributed by atoms with van der Waals surface area (Å²) >= 11 is 0.801. The Kier molecular flexibility index (Phi) is 3.26. The minimum absolute atomic E-state index is 0.111. The lowest BCUT2D eigenvalue weighted by Gasteiger charge is -1.91. The highest BCUT2D eigenvalue weighted by Gasteiger charge is 1.93. The van der Waals surface area contributed by atoms with Crippen LogP contribution in [0.4, 0.5) is 0 Å². The second kappa shape index (κ2) is 3.49. The molecule has 0 aliphatic rings. The van der Waals surface area contributed by atoms with Crippen LogP contribution < -0.4 is 4.72 Å². The van der Waals surface area contributed by atoms with Gasteiger partial charge in [-0.25, -0.2) is 0 Å². The van der Waals surface area contributed by atoms with Gasteiger partial charge in [0, 0.05) is 25.8 Å². The van der Waals surface area contributed by atoms with E-state index in [2.05, 4.69) is 4.72 Å². The van der Waals surface area contributed by atoms with Crippen molar-refractivity contribution in [2.45, 2.75) is 13.8 Å². The molecule has 0 saturated heterocycles. The molecule has 0 spiro atoms. The molecule has 0 aromatic rings. The van der Waals surface area contributed by atoms with E-state index in [-0.39, 0.29) is 11.0 Å². The predicted molar refractivity (Wildman–Crippen MR) is 32.1 cm³/mol. The first-order valence-corrected chi connectivity index (χ1v) is 2.88. The highest BCUT2D eigenvalue weighted by molar-refractivity contribution is 8.12. The summed E-state index contributed by atoms with van der Waals surface area (Å²) in [5.74, 6) is -0.204. The van der Waals surface area contributed by atoms with Gasteiger partial charge in [-0.3, -0.25) is 14.3 Å². The van der Waals surface area contributed by atoms with Gasteiger partial charge in [0.05, 0.1) is 0 Å². The van der Waals surface area contributed by atoms with Crippen molar-refractivity contribution in [1.82, 2.24) is 4.72 Å². The third-order valence-corrected chi connectivity index (χ3v) is 1.02. The van der Waals surface area contributed by atoms with E-state index in [1.165, 1.54) is 13.8 Å². The third-order valence-electron chi connectivity index (χ3n) is 0.338. The van der Waals surface area contributed by atoms with E-state index in [4.69, 9.17) is 0 Å². The third kappa shape index (κ3) is 5.49. The number of carbonyl (C=O) groups is 2. The quantitative estimate of drug-likeness (QED) is 0.484. The van der Waals surface area contributed by atoms with Crippen LogP contribution in [-0.2, 0) is 9.59 Å². The molecular weight excluding hydrogens is 126 g/mol. The molecule has 0 aromatic heterocycles. The van der Waals surface area contributed by atoms with E-state index in [0.717, 1.165) is 11.9 Å². The molecule has 0 fully saturated rings. The molecule has 0 radical (unpaired) electrons. The lowest BCUT2D eigenvalue weighted by molar-refractivity contribution is -0.117. The van der Waals surface area contributed by atoms with Gasteiger partial charge in [0.2, 0.25) is 11.0 Å². The van der Waals surface area contributed by atoms with Gasteiger partial charge < -0.3 is 0 Å². The first-order chi connectivity index (χ1) is 3.63. The number of nitrogens with one attached hydrogen (secondary N) is 1. The molecule has 0 aliphatic carbocycles. The van der Waals surface area contributed by atoms with Crippen molar-refractivity contribution in [2.24, 2.45) is 0 Å². The van der Waals surface area contributed by atoms with Gasteiger partial charge >= 0.3 is 0 Å². The first kappa shape index (κ1) is 7.49. The van der Waals surface area contributed by atoms with Crippen LogP contribution in [-0.4, -0.2) is 11.0 Å². The van der Waals surface area contributed by atoms with Crippen LogP contribution in [0.5, 0.6) is 0 Å². The lowest BCUT2D eigenvalue weighted by Crippen LogP contribution is -2.12. The zero-order chi connectivity index (χ0) is 6.57. The Morgan fingerprint density at radius 1 is 1.38 bits per heavy atom. The molecule has 0 bridgehead atoms. The van der Waals surface area contributed by atoms with E-state index in [1.54, 1.807) is 0 Å². The molecule has 0 aromatic carbocycles. The van der Waals surface area contributed by atoms with Crippen LogP contribution in [0.3, 0.4) is 0 Å². The SMILES string of the molecule is CC(=O)NSC(C)=O. The second-order valence-corrected chi connectivity index (χ2v) is 2.24. The average Bonchev–Trinajstić information content (AvgIpc) is 1.61. The van der Waals surface area contributed by atoms with Gasteiger partial charge in [0.1, 0.15) is 0 Å². The summed E-state index contributed by atoms with van der Waals surface area (Å²) in [5.41, 5.74) is 0. The molecule has 0 unspecified atom stereocenters. The Morgan fingerprint density at radius 2 is 1.88 bits per heavy atom. The van der Waals surface area contributed by atoms with Crippen LogP contribution in [0, 0.1) is 0 Å². The van der Waals surface area contributed by atoms with E-state index in [1.807, 2.05) is 0 Å². The molecule has 1 N–H and O–H groups in total. The second-order valence-electron chi connectivity index (χ2n) is 1.25. The largest absolute Gasteiger partial charge is 0.294 e. The Morgan fingerprint density at radius 3 is 2.00 bits per heavy atom. The maximum absolute atomic E-state index is 10.1. The fourth-order valence-corrected chi connectivity index (χ4v) is 0.431. The van der Waals surface area contributed by atoms with Crippen LogP contribution in [0.2, 0.25) is 0 Å².